The number of ketones is 1. The van der Waals surface area contributed by atoms with Gasteiger partial charge in [0.15, 0.2) is 0 Å². The van der Waals surface area contributed by atoms with Gasteiger partial charge in [0.05, 0.1) is 19.8 Å². The molecule has 102 valence electrons. The van der Waals surface area contributed by atoms with Crippen LogP contribution in [0, 0.1) is 0 Å². The maximum absolute atomic E-state index is 11.2. The molecule has 0 aromatic heterocycles. The maximum Gasteiger partial charge on any atom is 0.129 e. The predicted molar refractivity (Wildman–Crippen MR) is 72.7 cm³/mol. The smallest absolute Gasteiger partial charge is 0.129 e. The topological polar surface area (TPSA) is 35.5 Å². The molecule has 2 aliphatic rings. The zero-order chi connectivity index (χ0) is 13.3. The Kier molecular flexibility index (Phi) is 3.31. The molecule has 1 fully saturated rings. The highest BCUT2D eigenvalue weighted by atomic mass is 16.5. The summed E-state index contributed by atoms with van der Waals surface area (Å²) in [5, 5.41) is 0. The monoisotopic (exact) mass is 260 g/mol. The van der Waals surface area contributed by atoms with Gasteiger partial charge >= 0.3 is 0 Å². The van der Waals surface area contributed by atoms with Crippen LogP contribution in [0.15, 0.2) is 18.2 Å². The lowest BCUT2D eigenvalue weighted by Crippen LogP contribution is -2.47. The third kappa shape index (κ3) is 2.39. The molecule has 0 aliphatic carbocycles. The molecule has 0 atom stereocenters. The lowest BCUT2D eigenvalue weighted by Gasteiger charge is -2.42. The molecule has 3 heteroatoms. The lowest BCUT2D eigenvalue weighted by molar-refractivity contribution is -0.119. The summed E-state index contributed by atoms with van der Waals surface area (Å²) >= 11 is 0. The van der Waals surface area contributed by atoms with Crippen molar-refractivity contribution in [1.82, 2.24) is 0 Å². The number of hydrogen-bond acceptors (Lipinski definition) is 3. The van der Waals surface area contributed by atoms with Crippen LogP contribution in [0.5, 0.6) is 5.75 Å². The summed E-state index contributed by atoms with van der Waals surface area (Å²) in [6.07, 6.45) is 3.71. The van der Waals surface area contributed by atoms with Crippen LogP contribution in [0.1, 0.15) is 37.3 Å². The molecule has 0 amide bonds. The molecular formula is C16H20O3. The highest BCUT2D eigenvalue weighted by Gasteiger charge is 2.40. The molecule has 0 bridgehead atoms. The summed E-state index contributed by atoms with van der Waals surface area (Å²) in [6.45, 7) is 3.96. The molecule has 1 aromatic carbocycles. The number of carbonyl (C=O) groups excluding carboxylic acids is 1. The van der Waals surface area contributed by atoms with Gasteiger partial charge < -0.3 is 14.3 Å². The van der Waals surface area contributed by atoms with E-state index in [-0.39, 0.29) is 11.2 Å². The molecule has 0 N–H and O–H groups in total. The van der Waals surface area contributed by atoms with E-state index in [0.717, 1.165) is 44.8 Å². The second-order valence-corrected chi connectivity index (χ2v) is 5.75. The summed E-state index contributed by atoms with van der Waals surface area (Å²) in [4.78, 5) is 11.2. The fourth-order valence-corrected chi connectivity index (χ4v) is 2.91. The van der Waals surface area contributed by atoms with E-state index in [2.05, 4.69) is 18.2 Å². The molecular weight excluding hydrogens is 240 g/mol. The summed E-state index contributed by atoms with van der Waals surface area (Å²) < 4.78 is 11.1. The standard InChI is InChI=1S/C16H20O3/c1-12(17)6-7-16(10-18-11-16)14-4-5-15-13(9-14)3-2-8-19-15/h4-5,9H,2-3,6-8,10-11H2,1H3. The Bertz CT molecular complexity index is 489. The molecule has 1 aromatic rings. The second kappa shape index (κ2) is 4.97. The van der Waals surface area contributed by atoms with E-state index < -0.39 is 0 Å². The third-order valence-corrected chi connectivity index (χ3v) is 4.23. The SMILES string of the molecule is CC(=O)CCC1(c2ccc3c(c2)CCCO3)COC1. The van der Waals surface area contributed by atoms with Gasteiger partial charge in [-0.1, -0.05) is 12.1 Å². The first-order chi connectivity index (χ1) is 9.20. The molecule has 3 rings (SSSR count). The number of hydrogen-bond donors (Lipinski definition) is 0. The Morgan fingerprint density at radius 2 is 2.21 bits per heavy atom. The van der Waals surface area contributed by atoms with Gasteiger partial charge in [0, 0.05) is 11.8 Å². The van der Waals surface area contributed by atoms with Gasteiger partial charge in [-0.3, -0.25) is 0 Å². The number of fused-ring (bicyclic) bond motifs is 1. The first-order valence-corrected chi connectivity index (χ1v) is 7.03. The van der Waals surface area contributed by atoms with Crippen LogP contribution in [-0.4, -0.2) is 25.6 Å². The summed E-state index contributed by atoms with van der Waals surface area (Å²) in [5.41, 5.74) is 2.67. The van der Waals surface area contributed by atoms with Crippen LogP contribution in [0.2, 0.25) is 0 Å². The van der Waals surface area contributed by atoms with Crippen molar-refractivity contribution in [3.05, 3.63) is 29.3 Å². The Labute approximate surface area is 113 Å². The number of aryl methyl sites for hydroxylation is 1. The minimum Gasteiger partial charge on any atom is -0.493 e. The van der Waals surface area contributed by atoms with Crippen LogP contribution in [0.3, 0.4) is 0 Å². The van der Waals surface area contributed by atoms with Crippen molar-refractivity contribution in [3.8, 4) is 5.75 Å². The van der Waals surface area contributed by atoms with Crippen molar-refractivity contribution in [3.63, 3.8) is 0 Å². The fourth-order valence-electron chi connectivity index (χ4n) is 2.91. The zero-order valence-corrected chi connectivity index (χ0v) is 11.4. The molecule has 19 heavy (non-hydrogen) atoms. The summed E-state index contributed by atoms with van der Waals surface area (Å²) in [7, 11) is 0. The third-order valence-electron chi connectivity index (χ3n) is 4.23. The van der Waals surface area contributed by atoms with Crippen LogP contribution in [-0.2, 0) is 21.4 Å². The maximum atomic E-state index is 11.2. The van der Waals surface area contributed by atoms with Gasteiger partial charge in [0.1, 0.15) is 11.5 Å². The van der Waals surface area contributed by atoms with E-state index in [1.165, 1.54) is 11.1 Å². The Morgan fingerprint density at radius 1 is 1.37 bits per heavy atom. The molecule has 0 spiro atoms. The van der Waals surface area contributed by atoms with Crippen LogP contribution in [0.4, 0.5) is 0 Å². The van der Waals surface area contributed by atoms with Crippen LogP contribution in [0.25, 0.3) is 0 Å². The van der Waals surface area contributed by atoms with Crippen LogP contribution >= 0.6 is 0 Å². The molecule has 0 saturated carbocycles. The number of carbonyl (C=O) groups is 1. The van der Waals surface area contributed by atoms with Crippen molar-refractivity contribution >= 4 is 5.78 Å². The Balaban J connectivity index is 1.85. The first-order valence-electron chi connectivity index (χ1n) is 7.03. The highest BCUT2D eigenvalue weighted by Crippen LogP contribution is 2.39. The molecule has 0 unspecified atom stereocenters. The Hall–Kier alpha value is -1.35. The Morgan fingerprint density at radius 3 is 2.89 bits per heavy atom. The average molecular weight is 260 g/mol. The van der Waals surface area contributed by atoms with Crippen LogP contribution < -0.4 is 4.74 Å². The zero-order valence-electron chi connectivity index (χ0n) is 11.4. The number of benzene rings is 1. The molecule has 0 radical (unpaired) electrons. The summed E-state index contributed by atoms with van der Waals surface area (Å²) in [6, 6.07) is 6.49. The van der Waals surface area contributed by atoms with Gasteiger partial charge in [-0.05, 0) is 43.4 Å². The van der Waals surface area contributed by atoms with E-state index in [0.29, 0.717) is 6.42 Å². The number of ether oxygens (including phenoxy) is 2. The van der Waals surface area contributed by atoms with E-state index in [1.807, 2.05) is 0 Å². The average Bonchev–Trinajstić information content (AvgIpc) is 2.37. The van der Waals surface area contributed by atoms with Gasteiger partial charge in [-0.2, -0.15) is 0 Å². The van der Waals surface area contributed by atoms with Crippen molar-refractivity contribution in [2.24, 2.45) is 0 Å². The van der Waals surface area contributed by atoms with Gasteiger partial charge in [0.2, 0.25) is 0 Å². The minimum absolute atomic E-state index is 0.0537. The minimum atomic E-state index is 0.0537. The van der Waals surface area contributed by atoms with Gasteiger partial charge in [-0.25, -0.2) is 0 Å². The van der Waals surface area contributed by atoms with Crippen molar-refractivity contribution in [2.45, 2.75) is 38.0 Å². The molecule has 2 aliphatic heterocycles. The normalized spacial score (nSPS) is 20.1. The van der Waals surface area contributed by atoms with E-state index >= 15 is 0 Å². The van der Waals surface area contributed by atoms with Crippen molar-refractivity contribution < 1.29 is 14.3 Å². The molecule has 3 nitrogen and oxygen atoms in total. The van der Waals surface area contributed by atoms with E-state index in [9.17, 15) is 4.79 Å². The first kappa shape index (κ1) is 12.7. The van der Waals surface area contributed by atoms with Crippen molar-refractivity contribution in [2.75, 3.05) is 19.8 Å². The quantitative estimate of drug-likeness (QED) is 0.835. The largest absolute Gasteiger partial charge is 0.493 e. The predicted octanol–water partition coefficient (Wildman–Crippen LogP) is 2.65. The number of rotatable bonds is 4. The lowest BCUT2D eigenvalue weighted by atomic mass is 9.74. The van der Waals surface area contributed by atoms with Gasteiger partial charge in [-0.15, -0.1) is 0 Å². The van der Waals surface area contributed by atoms with Gasteiger partial charge in [0.25, 0.3) is 0 Å². The fraction of sp³-hybridized carbons (Fsp3) is 0.562. The number of Topliss-reactive ketones (excluding diaryl/α,β-unsaturated/α-hetero) is 1. The summed E-state index contributed by atoms with van der Waals surface area (Å²) in [5.74, 6) is 1.28. The highest BCUT2D eigenvalue weighted by molar-refractivity contribution is 5.75. The van der Waals surface area contributed by atoms with E-state index in [4.69, 9.17) is 9.47 Å². The second-order valence-electron chi connectivity index (χ2n) is 5.75. The molecule has 1 saturated heterocycles. The molecule has 2 heterocycles. The van der Waals surface area contributed by atoms with E-state index in [1.54, 1.807) is 6.92 Å². The van der Waals surface area contributed by atoms with Crippen molar-refractivity contribution in [1.29, 1.82) is 0 Å².